The van der Waals surface area contributed by atoms with Gasteiger partial charge in [0.05, 0.1) is 0 Å². The Hall–Kier alpha value is -2.41. The van der Waals surface area contributed by atoms with Crippen LogP contribution in [0.5, 0.6) is 0 Å². The predicted molar refractivity (Wildman–Crippen MR) is 110 cm³/mol. The van der Waals surface area contributed by atoms with Crippen LogP contribution in [-0.4, -0.2) is 37.0 Å². The number of carbonyl (C=O) groups excluding carboxylic acids is 3. The third-order valence-corrected chi connectivity index (χ3v) is 5.94. The second kappa shape index (κ2) is 10.4. The number of hydrogen-bond acceptors (Lipinski definition) is 4. The number of amides is 3. The average molecular weight is 402 g/mol. The van der Waals surface area contributed by atoms with Crippen molar-refractivity contribution < 1.29 is 19.1 Å². The van der Waals surface area contributed by atoms with Crippen molar-refractivity contribution >= 4 is 23.4 Å². The Morgan fingerprint density at radius 3 is 2.48 bits per heavy atom. The van der Waals surface area contributed by atoms with E-state index in [0.29, 0.717) is 24.5 Å². The molecule has 7 heteroatoms. The van der Waals surface area contributed by atoms with E-state index in [0.717, 1.165) is 38.5 Å². The van der Waals surface area contributed by atoms with Crippen LogP contribution in [0, 0.1) is 11.8 Å². The molecule has 1 atom stereocenters. The zero-order valence-corrected chi connectivity index (χ0v) is 16.8. The molecule has 4 N–H and O–H groups in total. The number of carbonyl (C=O) groups is 3. The van der Waals surface area contributed by atoms with E-state index in [9.17, 15) is 14.4 Å². The highest BCUT2D eigenvalue weighted by atomic mass is 16.5. The lowest BCUT2D eigenvalue weighted by molar-refractivity contribution is -0.121. The Labute approximate surface area is 171 Å². The van der Waals surface area contributed by atoms with Crippen molar-refractivity contribution in [3.63, 3.8) is 0 Å². The van der Waals surface area contributed by atoms with E-state index >= 15 is 0 Å². The van der Waals surface area contributed by atoms with Gasteiger partial charge in [-0.05, 0) is 49.8 Å². The molecule has 1 aliphatic heterocycles. The lowest BCUT2D eigenvalue weighted by Crippen LogP contribution is -2.44. The van der Waals surface area contributed by atoms with Crippen LogP contribution in [0.4, 0.5) is 5.69 Å². The molecule has 1 aromatic carbocycles. The van der Waals surface area contributed by atoms with Crippen LogP contribution in [0.15, 0.2) is 24.3 Å². The summed E-state index contributed by atoms with van der Waals surface area (Å²) in [5, 5.41) is 5.92. The summed E-state index contributed by atoms with van der Waals surface area (Å²) in [5.41, 5.74) is 6.46. The molecule has 0 unspecified atom stereocenters. The summed E-state index contributed by atoms with van der Waals surface area (Å²) in [6, 6.07) is 6.61. The molecule has 7 nitrogen and oxygen atoms in total. The Morgan fingerprint density at radius 1 is 1.07 bits per heavy atom. The maximum atomic E-state index is 12.8. The lowest BCUT2D eigenvalue weighted by atomic mass is 9.88. The maximum absolute atomic E-state index is 12.8. The van der Waals surface area contributed by atoms with Crippen molar-refractivity contribution in [3.8, 4) is 0 Å². The number of primary amides is 1. The summed E-state index contributed by atoms with van der Waals surface area (Å²) in [5.74, 6) is -0.466. The van der Waals surface area contributed by atoms with Gasteiger partial charge in [-0.3, -0.25) is 14.4 Å². The van der Waals surface area contributed by atoms with Crippen LogP contribution < -0.4 is 16.4 Å². The largest absolute Gasteiger partial charge is 0.381 e. The van der Waals surface area contributed by atoms with Gasteiger partial charge < -0.3 is 21.1 Å². The molecule has 158 valence electrons. The third kappa shape index (κ3) is 6.29. The molecule has 2 aliphatic rings. The van der Waals surface area contributed by atoms with Gasteiger partial charge in [-0.2, -0.15) is 0 Å². The van der Waals surface area contributed by atoms with Crippen LogP contribution in [-0.2, 0) is 14.3 Å². The van der Waals surface area contributed by atoms with Crippen molar-refractivity contribution in [1.29, 1.82) is 0 Å². The first-order chi connectivity index (χ1) is 14.0. The SMILES string of the molecule is NC(=O)C[C@H](NC(=O)c1cccc(NC(=O)C2CCCCC2)c1)C1CCOCC1. The van der Waals surface area contributed by atoms with E-state index < -0.39 is 5.91 Å². The fourth-order valence-corrected chi connectivity index (χ4v) is 4.27. The predicted octanol–water partition coefficient (Wildman–Crippen LogP) is 2.61. The Morgan fingerprint density at radius 2 is 1.79 bits per heavy atom. The first-order valence-corrected chi connectivity index (χ1v) is 10.6. The van der Waals surface area contributed by atoms with Gasteiger partial charge in [0.15, 0.2) is 0 Å². The number of hydrogen-bond donors (Lipinski definition) is 3. The first-order valence-electron chi connectivity index (χ1n) is 10.6. The van der Waals surface area contributed by atoms with Crippen molar-refractivity contribution in [1.82, 2.24) is 5.32 Å². The van der Waals surface area contributed by atoms with E-state index in [-0.39, 0.29) is 36.1 Å². The highest BCUT2D eigenvalue weighted by Crippen LogP contribution is 2.25. The van der Waals surface area contributed by atoms with E-state index in [1.807, 2.05) is 0 Å². The van der Waals surface area contributed by atoms with Gasteiger partial charge >= 0.3 is 0 Å². The van der Waals surface area contributed by atoms with Crippen LogP contribution in [0.3, 0.4) is 0 Å². The molecule has 1 heterocycles. The standard InChI is InChI=1S/C22H31N3O4/c23-20(26)14-19(15-9-11-29-12-10-15)25-22(28)17-7-4-8-18(13-17)24-21(27)16-5-2-1-3-6-16/h4,7-8,13,15-16,19H,1-3,5-6,9-12,14H2,(H2,23,26)(H,24,27)(H,25,28)/t19-/m0/s1. The molecular formula is C22H31N3O4. The summed E-state index contributed by atoms with van der Waals surface area (Å²) < 4.78 is 5.38. The molecule has 1 saturated heterocycles. The second-order valence-corrected chi connectivity index (χ2v) is 8.11. The van der Waals surface area contributed by atoms with Crippen molar-refractivity contribution in [2.24, 2.45) is 17.6 Å². The molecule has 0 spiro atoms. The molecule has 0 radical (unpaired) electrons. The van der Waals surface area contributed by atoms with Gasteiger partial charge in [-0.15, -0.1) is 0 Å². The van der Waals surface area contributed by atoms with Gasteiger partial charge in [0.2, 0.25) is 11.8 Å². The highest BCUT2D eigenvalue weighted by Gasteiger charge is 2.27. The van der Waals surface area contributed by atoms with Crippen LogP contribution in [0.1, 0.15) is 61.7 Å². The Bertz CT molecular complexity index is 725. The summed E-state index contributed by atoms with van der Waals surface area (Å²) in [4.78, 5) is 36.8. The molecular weight excluding hydrogens is 370 g/mol. The quantitative estimate of drug-likeness (QED) is 0.652. The molecule has 0 bridgehead atoms. The topological polar surface area (TPSA) is 111 Å². The van der Waals surface area contributed by atoms with Crippen molar-refractivity contribution in [2.75, 3.05) is 18.5 Å². The number of nitrogens with two attached hydrogens (primary N) is 1. The zero-order valence-electron chi connectivity index (χ0n) is 16.8. The summed E-state index contributed by atoms with van der Waals surface area (Å²) in [7, 11) is 0. The molecule has 1 aliphatic carbocycles. The third-order valence-electron chi connectivity index (χ3n) is 5.94. The highest BCUT2D eigenvalue weighted by molar-refractivity contribution is 5.98. The molecule has 29 heavy (non-hydrogen) atoms. The number of anilines is 1. The summed E-state index contributed by atoms with van der Waals surface area (Å²) in [6.07, 6.45) is 6.90. The lowest BCUT2D eigenvalue weighted by Gasteiger charge is -2.30. The Kier molecular flexibility index (Phi) is 7.63. The first kappa shape index (κ1) is 21.3. The fraction of sp³-hybridized carbons (Fsp3) is 0.591. The van der Waals surface area contributed by atoms with E-state index in [4.69, 9.17) is 10.5 Å². The number of nitrogens with one attached hydrogen (secondary N) is 2. The molecule has 2 fully saturated rings. The van der Waals surface area contributed by atoms with E-state index in [2.05, 4.69) is 10.6 Å². The van der Waals surface area contributed by atoms with Gasteiger partial charge in [0, 0.05) is 42.8 Å². The maximum Gasteiger partial charge on any atom is 0.251 e. The smallest absolute Gasteiger partial charge is 0.251 e. The average Bonchev–Trinajstić information content (AvgIpc) is 2.74. The summed E-state index contributed by atoms with van der Waals surface area (Å²) in [6.45, 7) is 1.25. The van der Waals surface area contributed by atoms with E-state index in [1.165, 1.54) is 6.42 Å². The number of benzene rings is 1. The minimum absolute atomic E-state index is 0.0241. The van der Waals surface area contributed by atoms with Gasteiger partial charge in [0.25, 0.3) is 5.91 Å². The number of ether oxygens (including phenoxy) is 1. The molecule has 1 saturated carbocycles. The zero-order chi connectivity index (χ0) is 20.6. The molecule has 1 aromatic rings. The van der Waals surface area contributed by atoms with Gasteiger partial charge in [-0.25, -0.2) is 0 Å². The van der Waals surface area contributed by atoms with Crippen LogP contribution in [0.2, 0.25) is 0 Å². The van der Waals surface area contributed by atoms with Gasteiger partial charge in [0.1, 0.15) is 0 Å². The van der Waals surface area contributed by atoms with E-state index in [1.54, 1.807) is 24.3 Å². The minimum Gasteiger partial charge on any atom is -0.381 e. The normalized spacial score (nSPS) is 19.3. The summed E-state index contributed by atoms with van der Waals surface area (Å²) >= 11 is 0. The second-order valence-electron chi connectivity index (χ2n) is 8.11. The fourth-order valence-electron chi connectivity index (χ4n) is 4.27. The molecule has 0 aromatic heterocycles. The van der Waals surface area contributed by atoms with Crippen LogP contribution in [0.25, 0.3) is 0 Å². The van der Waals surface area contributed by atoms with Crippen molar-refractivity contribution in [3.05, 3.63) is 29.8 Å². The van der Waals surface area contributed by atoms with Gasteiger partial charge in [-0.1, -0.05) is 25.3 Å². The Balaban J connectivity index is 1.63. The minimum atomic E-state index is -0.435. The van der Waals surface area contributed by atoms with Crippen LogP contribution >= 0.6 is 0 Å². The monoisotopic (exact) mass is 401 g/mol. The number of rotatable bonds is 7. The molecule has 3 rings (SSSR count). The molecule has 3 amide bonds. The van der Waals surface area contributed by atoms with Crippen molar-refractivity contribution in [2.45, 2.75) is 57.4 Å².